The Kier molecular flexibility index (Phi) is 3.70. The summed E-state index contributed by atoms with van der Waals surface area (Å²) in [6, 6.07) is 0. The molecule has 4 heteroatoms. The average molecular weight is 182 g/mol. The van der Waals surface area contributed by atoms with Crippen molar-refractivity contribution in [2.45, 2.75) is 18.4 Å². The van der Waals surface area contributed by atoms with Crippen LogP contribution in [0.5, 0.6) is 0 Å². The van der Waals surface area contributed by atoms with E-state index in [1.807, 2.05) is 6.26 Å². The van der Waals surface area contributed by atoms with Crippen molar-refractivity contribution in [3.05, 3.63) is 0 Å². The number of halogens is 1. The van der Waals surface area contributed by atoms with Crippen molar-refractivity contribution >= 4 is 30.0 Å². The van der Waals surface area contributed by atoms with Gasteiger partial charge in [-0.3, -0.25) is 4.79 Å². The van der Waals surface area contributed by atoms with E-state index in [1.54, 1.807) is 11.8 Å². The van der Waals surface area contributed by atoms with Gasteiger partial charge in [-0.15, -0.1) is 12.4 Å². The first-order chi connectivity index (χ1) is 4.16. The van der Waals surface area contributed by atoms with Crippen molar-refractivity contribution in [1.82, 2.24) is 0 Å². The van der Waals surface area contributed by atoms with E-state index in [9.17, 15) is 4.79 Å². The fraction of sp³-hybridized carbons (Fsp3) is 0.833. The highest BCUT2D eigenvalue weighted by molar-refractivity contribution is 7.98. The summed E-state index contributed by atoms with van der Waals surface area (Å²) in [5.41, 5.74) is 5.62. The van der Waals surface area contributed by atoms with Crippen molar-refractivity contribution < 1.29 is 4.79 Å². The lowest BCUT2D eigenvalue weighted by Gasteiger charge is -2.35. The van der Waals surface area contributed by atoms with Crippen LogP contribution >= 0.6 is 24.2 Å². The van der Waals surface area contributed by atoms with E-state index in [0.29, 0.717) is 18.6 Å². The van der Waals surface area contributed by atoms with Gasteiger partial charge in [-0.25, -0.2) is 0 Å². The number of carbonyl (C=O) groups is 1. The molecule has 0 aromatic rings. The molecule has 60 valence electrons. The Bertz CT molecular complexity index is 132. The maximum absolute atomic E-state index is 10.5. The number of rotatable bonds is 2. The quantitative estimate of drug-likeness (QED) is 0.687. The highest BCUT2D eigenvalue weighted by Gasteiger charge is 2.38. The van der Waals surface area contributed by atoms with Crippen LogP contribution in [0.2, 0.25) is 0 Å². The summed E-state index contributed by atoms with van der Waals surface area (Å²) in [4.78, 5) is 10.5. The van der Waals surface area contributed by atoms with Gasteiger partial charge in [0.15, 0.2) is 0 Å². The van der Waals surface area contributed by atoms with Gasteiger partial charge < -0.3 is 5.73 Å². The molecule has 1 aliphatic carbocycles. The number of carbonyl (C=O) groups excluding carboxylic acids is 1. The van der Waals surface area contributed by atoms with Crippen LogP contribution in [0.4, 0.5) is 0 Å². The second-order valence-corrected chi connectivity index (χ2v) is 3.55. The number of hydrogen-bond acceptors (Lipinski definition) is 3. The summed E-state index contributed by atoms with van der Waals surface area (Å²) >= 11 is 1.71. The Morgan fingerprint density at radius 2 is 2.20 bits per heavy atom. The smallest absolute Gasteiger partial charge is 0.136 e. The van der Waals surface area contributed by atoms with Crippen LogP contribution in [0.1, 0.15) is 12.8 Å². The van der Waals surface area contributed by atoms with Gasteiger partial charge in [-0.05, 0) is 6.26 Å². The lowest BCUT2D eigenvalue weighted by molar-refractivity contribution is -0.127. The summed E-state index contributed by atoms with van der Waals surface area (Å²) in [6.45, 7) is 0. The molecule has 0 aromatic heterocycles. The molecule has 0 amide bonds. The van der Waals surface area contributed by atoms with Gasteiger partial charge in [0.2, 0.25) is 0 Å². The summed E-state index contributed by atoms with van der Waals surface area (Å²) in [5.74, 6) is 1.23. The third kappa shape index (κ3) is 2.15. The Morgan fingerprint density at radius 1 is 1.70 bits per heavy atom. The van der Waals surface area contributed by atoms with Crippen LogP contribution in [0.3, 0.4) is 0 Å². The predicted octanol–water partition coefficient (Wildman–Crippen LogP) is 0.832. The Hall–Kier alpha value is 0.270. The highest BCUT2D eigenvalue weighted by atomic mass is 35.5. The molecule has 2 nitrogen and oxygen atoms in total. The highest BCUT2D eigenvalue weighted by Crippen LogP contribution is 2.28. The van der Waals surface area contributed by atoms with Crippen LogP contribution < -0.4 is 5.73 Å². The molecule has 0 saturated heterocycles. The largest absolute Gasteiger partial charge is 0.324 e. The molecule has 0 bridgehead atoms. The maximum atomic E-state index is 10.5. The maximum Gasteiger partial charge on any atom is 0.136 e. The van der Waals surface area contributed by atoms with Gasteiger partial charge in [-0.1, -0.05) is 0 Å². The standard InChI is InChI=1S/C6H11NOS.ClH/c1-9-4-6(7)2-5(8)3-6;/h2-4,7H2,1H3;1H. The molecule has 0 unspecified atom stereocenters. The minimum atomic E-state index is -0.142. The summed E-state index contributed by atoms with van der Waals surface area (Å²) in [6.07, 6.45) is 3.19. The normalized spacial score (nSPS) is 21.2. The molecule has 0 atom stereocenters. The first-order valence-corrected chi connectivity index (χ1v) is 4.35. The SMILES string of the molecule is CSCC1(N)CC(=O)C1.Cl. The zero-order valence-electron chi connectivity index (χ0n) is 5.92. The summed E-state index contributed by atoms with van der Waals surface area (Å²) in [5, 5.41) is 0. The van der Waals surface area contributed by atoms with E-state index < -0.39 is 0 Å². The molecule has 1 aliphatic rings. The van der Waals surface area contributed by atoms with Gasteiger partial charge in [0.25, 0.3) is 0 Å². The van der Waals surface area contributed by atoms with E-state index in [0.717, 1.165) is 5.75 Å². The van der Waals surface area contributed by atoms with E-state index in [-0.39, 0.29) is 17.9 Å². The van der Waals surface area contributed by atoms with E-state index in [2.05, 4.69) is 0 Å². The monoisotopic (exact) mass is 181 g/mol. The Balaban J connectivity index is 0.000000810. The van der Waals surface area contributed by atoms with E-state index >= 15 is 0 Å². The molecule has 2 N–H and O–H groups in total. The van der Waals surface area contributed by atoms with Crippen molar-refractivity contribution in [2.24, 2.45) is 5.73 Å². The first-order valence-electron chi connectivity index (χ1n) is 2.96. The van der Waals surface area contributed by atoms with Gasteiger partial charge in [0.05, 0.1) is 0 Å². The Morgan fingerprint density at radius 3 is 2.50 bits per heavy atom. The molecule has 0 radical (unpaired) electrons. The average Bonchev–Trinajstić information content (AvgIpc) is 1.62. The topological polar surface area (TPSA) is 43.1 Å². The van der Waals surface area contributed by atoms with Crippen molar-refractivity contribution in [3.63, 3.8) is 0 Å². The summed E-state index contributed by atoms with van der Waals surface area (Å²) in [7, 11) is 0. The van der Waals surface area contributed by atoms with Gasteiger partial charge in [0, 0.05) is 24.1 Å². The van der Waals surface area contributed by atoms with E-state index in [1.165, 1.54) is 0 Å². The lowest BCUT2D eigenvalue weighted by atomic mass is 9.78. The number of ketones is 1. The molecule has 0 heterocycles. The summed E-state index contributed by atoms with van der Waals surface area (Å²) < 4.78 is 0. The molecular formula is C6H12ClNOS. The molecule has 1 fully saturated rings. The lowest BCUT2D eigenvalue weighted by Crippen LogP contribution is -2.54. The van der Waals surface area contributed by atoms with Crippen molar-refractivity contribution in [2.75, 3.05) is 12.0 Å². The second kappa shape index (κ2) is 3.60. The minimum Gasteiger partial charge on any atom is -0.324 e. The van der Waals surface area contributed by atoms with E-state index in [4.69, 9.17) is 5.73 Å². The molecule has 1 saturated carbocycles. The van der Waals surface area contributed by atoms with Crippen LogP contribution in [0.25, 0.3) is 0 Å². The molecule has 0 aromatic carbocycles. The fourth-order valence-corrected chi connectivity index (χ4v) is 1.90. The van der Waals surface area contributed by atoms with Gasteiger partial charge in [-0.2, -0.15) is 11.8 Å². The molecule has 0 aliphatic heterocycles. The number of hydrogen-bond donors (Lipinski definition) is 1. The molecule has 0 spiro atoms. The minimum absolute atomic E-state index is 0. The zero-order chi connectivity index (χ0) is 6.91. The zero-order valence-corrected chi connectivity index (χ0v) is 7.56. The Labute approximate surface area is 71.3 Å². The first kappa shape index (κ1) is 10.3. The van der Waals surface area contributed by atoms with Gasteiger partial charge in [0.1, 0.15) is 5.78 Å². The fourth-order valence-electron chi connectivity index (χ4n) is 1.12. The third-order valence-corrected chi connectivity index (χ3v) is 2.39. The molecule has 1 rings (SSSR count). The third-order valence-electron chi connectivity index (χ3n) is 1.53. The molecule has 10 heavy (non-hydrogen) atoms. The van der Waals surface area contributed by atoms with Crippen molar-refractivity contribution in [3.8, 4) is 0 Å². The van der Waals surface area contributed by atoms with Crippen LogP contribution in [0, 0.1) is 0 Å². The number of nitrogens with two attached hydrogens (primary N) is 1. The predicted molar refractivity (Wildman–Crippen MR) is 46.8 cm³/mol. The molecular weight excluding hydrogens is 170 g/mol. The van der Waals surface area contributed by atoms with Crippen molar-refractivity contribution in [1.29, 1.82) is 0 Å². The van der Waals surface area contributed by atoms with Crippen LogP contribution in [-0.4, -0.2) is 23.3 Å². The van der Waals surface area contributed by atoms with Crippen LogP contribution in [0.15, 0.2) is 0 Å². The number of thioether (sulfide) groups is 1. The number of Topliss-reactive ketones (excluding diaryl/α,β-unsaturated/α-hetero) is 1. The van der Waals surface area contributed by atoms with Crippen LogP contribution in [-0.2, 0) is 4.79 Å². The van der Waals surface area contributed by atoms with Gasteiger partial charge >= 0.3 is 0 Å². The second-order valence-electron chi connectivity index (χ2n) is 2.69.